The SMILES string of the molecule is CC1=C(C(=O)N2CC[C@](O)(c3ccccc3)[C@H]3CCCC[C@H]32)SC(C)O1. The smallest absolute Gasteiger partial charge is 0.264 e. The van der Waals surface area contributed by atoms with Gasteiger partial charge in [0.25, 0.3) is 5.91 Å². The minimum absolute atomic E-state index is 0.00199. The number of ether oxygens (including phenoxy) is 1. The van der Waals surface area contributed by atoms with Crippen LogP contribution in [-0.2, 0) is 15.1 Å². The highest BCUT2D eigenvalue weighted by molar-refractivity contribution is 8.04. The number of fused-ring (bicyclic) bond motifs is 1. The Hall–Kier alpha value is -1.46. The Morgan fingerprint density at radius 3 is 2.69 bits per heavy atom. The summed E-state index contributed by atoms with van der Waals surface area (Å²) < 4.78 is 5.68. The summed E-state index contributed by atoms with van der Waals surface area (Å²) in [6.45, 7) is 4.45. The number of carbonyl (C=O) groups is 1. The number of piperidine rings is 1. The van der Waals surface area contributed by atoms with Crippen molar-refractivity contribution in [3.63, 3.8) is 0 Å². The van der Waals surface area contributed by atoms with Crippen molar-refractivity contribution in [2.24, 2.45) is 5.92 Å². The van der Waals surface area contributed by atoms with E-state index >= 15 is 0 Å². The number of nitrogens with zero attached hydrogens (tertiary/aromatic N) is 1. The monoisotopic (exact) mass is 373 g/mol. The number of allylic oxidation sites excluding steroid dienone is 1. The van der Waals surface area contributed by atoms with Crippen LogP contribution >= 0.6 is 11.8 Å². The Labute approximate surface area is 159 Å². The average Bonchev–Trinajstić information content (AvgIpc) is 3.01. The summed E-state index contributed by atoms with van der Waals surface area (Å²) in [7, 11) is 0. The number of carbonyl (C=O) groups excluding carboxylic acids is 1. The Balaban J connectivity index is 1.63. The molecule has 1 unspecified atom stereocenters. The lowest BCUT2D eigenvalue weighted by molar-refractivity contribution is -0.150. The van der Waals surface area contributed by atoms with Crippen molar-refractivity contribution in [2.75, 3.05) is 6.54 Å². The van der Waals surface area contributed by atoms with Gasteiger partial charge in [-0.15, -0.1) is 0 Å². The van der Waals surface area contributed by atoms with Gasteiger partial charge in [0.15, 0.2) is 0 Å². The van der Waals surface area contributed by atoms with Crippen molar-refractivity contribution >= 4 is 17.7 Å². The molecular weight excluding hydrogens is 346 g/mol. The second-order valence-electron chi connectivity index (χ2n) is 7.69. The maximum atomic E-state index is 13.2. The van der Waals surface area contributed by atoms with Gasteiger partial charge in [-0.2, -0.15) is 0 Å². The van der Waals surface area contributed by atoms with E-state index in [1.165, 1.54) is 11.8 Å². The number of amides is 1. The zero-order valence-electron chi connectivity index (χ0n) is 15.5. The van der Waals surface area contributed by atoms with E-state index in [0.717, 1.165) is 41.9 Å². The summed E-state index contributed by atoms with van der Waals surface area (Å²) in [5, 5.41) is 11.6. The highest BCUT2D eigenvalue weighted by Gasteiger charge is 2.51. The topological polar surface area (TPSA) is 49.8 Å². The lowest BCUT2D eigenvalue weighted by atomic mass is 9.66. The molecule has 1 N–H and O–H groups in total. The summed E-state index contributed by atoms with van der Waals surface area (Å²) in [5.41, 5.74) is 0.160. The first-order chi connectivity index (χ1) is 12.5. The molecule has 4 nitrogen and oxygen atoms in total. The lowest BCUT2D eigenvalue weighted by Crippen LogP contribution is -2.59. The number of rotatable bonds is 2. The molecule has 5 heteroatoms. The van der Waals surface area contributed by atoms with Gasteiger partial charge < -0.3 is 14.7 Å². The summed E-state index contributed by atoms with van der Waals surface area (Å²) >= 11 is 1.51. The molecule has 1 saturated heterocycles. The van der Waals surface area contributed by atoms with Crippen molar-refractivity contribution in [3.05, 3.63) is 46.6 Å². The molecule has 1 saturated carbocycles. The van der Waals surface area contributed by atoms with Crippen molar-refractivity contribution in [2.45, 2.75) is 63.0 Å². The van der Waals surface area contributed by atoms with E-state index in [4.69, 9.17) is 4.74 Å². The summed E-state index contributed by atoms with van der Waals surface area (Å²) in [6.07, 6.45) is 4.77. The molecule has 1 aromatic rings. The molecular formula is C21H27NO3S. The van der Waals surface area contributed by atoms with Crippen molar-refractivity contribution in [1.29, 1.82) is 0 Å². The minimum Gasteiger partial charge on any atom is -0.483 e. The van der Waals surface area contributed by atoms with Crippen LogP contribution in [0.1, 0.15) is 51.5 Å². The fraction of sp³-hybridized carbons (Fsp3) is 0.571. The number of aliphatic hydroxyl groups is 1. The first-order valence-electron chi connectivity index (χ1n) is 9.64. The molecule has 4 rings (SSSR count). The molecule has 140 valence electrons. The molecule has 0 aromatic heterocycles. The predicted molar refractivity (Wildman–Crippen MR) is 103 cm³/mol. The minimum atomic E-state index is -0.834. The maximum absolute atomic E-state index is 13.2. The van der Waals surface area contributed by atoms with Crippen molar-refractivity contribution < 1.29 is 14.6 Å². The molecule has 2 fully saturated rings. The number of thioether (sulfide) groups is 1. The summed E-state index contributed by atoms with van der Waals surface area (Å²) in [5.74, 6) is 0.926. The zero-order chi connectivity index (χ0) is 18.3. The molecule has 0 radical (unpaired) electrons. The van der Waals surface area contributed by atoms with E-state index in [1.54, 1.807) is 0 Å². The maximum Gasteiger partial charge on any atom is 0.264 e. The van der Waals surface area contributed by atoms with E-state index in [-0.39, 0.29) is 23.3 Å². The normalized spacial score (nSPS) is 34.4. The van der Waals surface area contributed by atoms with Crippen molar-refractivity contribution in [1.82, 2.24) is 4.90 Å². The van der Waals surface area contributed by atoms with Crippen molar-refractivity contribution in [3.8, 4) is 0 Å². The van der Waals surface area contributed by atoms with Gasteiger partial charge in [0.05, 0.1) is 5.60 Å². The molecule has 1 amide bonds. The number of hydrogen-bond acceptors (Lipinski definition) is 4. The van der Waals surface area contributed by atoms with E-state index in [1.807, 2.05) is 49.1 Å². The Kier molecular flexibility index (Phi) is 4.78. The molecule has 3 aliphatic rings. The van der Waals surface area contributed by atoms with Crippen LogP contribution in [0.4, 0.5) is 0 Å². The third kappa shape index (κ3) is 2.95. The van der Waals surface area contributed by atoms with Crippen LogP contribution < -0.4 is 0 Å². The lowest BCUT2D eigenvalue weighted by Gasteiger charge is -2.52. The van der Waals surface area contributed by atoms with Crippen LogP contribution in [0.5, 0.6) is 0 Å². The third-order valence-electron chi connectivity index (χ3n) is 6.15. The van der Waals surface area contributed by atoms with Gasteiger partial charge in [0, 0.05) is 18.5 Å². The zero-order valence-corrected chi connectivity index (χ0v) is 16.3. The Morgan fingerprint density at radius 2 is 2.00 bits per heavy atom. The van der Waals surface area contributed by atoms with Crippen LogP contribution in [-0.4, -0.2) is 33.9 Å². The fourth-order valence-electron chi connectivity index (χ4n) is 4.93. The van der Waals surface area contributed by atoms with E-state index in [0.29, 0.717) is 13.0 Å². The Morgan fingerprint density at radius 1 is 1.27 bits per heavy atom. The molecule has 1 aromatic carbocycles. The number of likely N-dealkylation sites (tertiary alicyclic amines) is 1. The van der Waals surface area contributed by atoms with Gasteiger partial charge in [-0.05, 0) is 38.7 Å². The number of hydrogen-bond donors (Lipinski definition) is 1. The molecule has 4 atom stereocenters. The van der Waals surface area contributed by atoms with E-state index < -0.39 is 5.60 Å². The van der Waals surface area contributed by atoms with Crippen LogP contribution in [0, 0.1) is 5.92 Å². The van der Waals surface area contributed by atoms with Crippen LogP contribution in [0.2, 0.25) is 0 Å². The Bertz CT molecular complexity index is 719. The van der Waals surface area contributed by atoms with Crippen LogP contribution in [0.15, 0.2) is 41.0 Å². The number of benzene rings is 1. The van der Waals surface area contributed by atoms with Gasteiger partial charge in [0.1, 0.15) is 16.1 Å². The fourth-order valence-corrected chi connectivity index (χ4v) is 5.88. The first-order valence-corrected chi connectivity index (χ1v) is 10.5. The van der Waals surface area contributed by atoms with Crippen LogP contribution in [0.25, 0.3) is 0 Å². The first kappa shape index (κ1) is 17.9. The van der Waals surface area contributed by atoms with E-state index in [9.17, 15) is 9.90 Å². The molecule has 2 heterocycles. The van der Waals surface area contributed by atoms with Gasteiger partial charge in [-0.1, -0.05) is 54.9 Å². The van der Waals surface area contributed by atoms with Gasteiger partial charge in [-0.3, -0.25) is 4.79 Å². The van der Waals surface area contributed by atoms with Crippen LogP contribution in [0.3, 0.4) is 0 Å². The quantitative estimate of drug-likeness (QED) is 0.851. The molecule has 0 bridgehead atoms. The predicted octanol–water partition coefficient (Wildman–Crippen LogP) is 4.01. The van der Waals surface area contributed by atoms with E-state index in [2.05, 4.69) is 0 Å². The van der Waals surface area contributed by atoms with Gasteiger partial charge in [0.2, 0.25) is 0 Å². The molecule has 2 aliphatic heterocycles. The molecule has 26 heavy (non-hydrogen) atoms. The van der Waals surface area contributed by atoms with Gasteiger partial charge >= 0.3 is 0 Å². The second kappa shape index (κ2) is 6.93. The van der Waals surface area contributed by atoms with Gasteiger partial charge in [-0.25, -0.2) is 0 Å². The highest BCUT2D eigenvalue weighted by Crippen LogP contribution is 2.48. The summed E-state index contributed by atoms with van der Waals surface area (Å²) in [4.78, 5) is 16.0. The summed E-state index contributed by atoms with van der Waals surface area (Å²) in [6, 6.07) is 10.1. The average molecular weight is 374 g/mol. The molecule has 0 spiro atoms. The standard InChI is InChI=1S/C21H27NO3S/c1-14-19(26-15(2)25-14)20(23)22-13-12-21(24,16-8-4-3-5-9-16)17-10-6-7-11-18(17)22/h3-5,8-9,15,17-18,24H,6-7,10-13H2,1-2H3/t15?,17-,18+,21-/m0/s1. The third-order valence-corrected chi connectivity index (χ3v) is 7.28. The largest absolute Gasteiger partial charge is 0.483 e. The molecule has 1 aliphatic carbocycles. The second-order valence-corrected chi connectivity index (χ2v) is 8.99. The highest BCUT2D eigenvalue weighted by atomic mass is 32.2.